The molecule has 1 atom stereocenters. The molecule has 1 aromatic rings. The summed E-state index contributed by atoms with van der Waals surface area (Å²) < 4.78 is 24.7. The normalized spacial score (nSPS) is 17.9. The predicted octanol–water partition coefficient (Wildman–Crippen LogP) is 0.194. The molecule has 0 aromatic carbocycles. The Morgan fingerprint density at radius 2 is 2.26 bits per heavy atom. The van der Waals surface area contributed by atoms with Crippen LogP contribution in [0.1, 0.15) is 30.6 Å². The van der Waals surface area contributed by atoms with Gasteiger partial charge in [-0.05, 0) is 19.9 Å². The highest BCUT2D eigenvalue weighted by Crippen LogP contribution is 2.37. The van der Waals surface area contributed by atoms with E-state index in [0.717, 1.165) is 5.69 Å². The summed E-state index contributed by atoms with van der Waals surface area (Å²) in [4.78, 5) is 6.20. The van der Waals surface area contributed by atoms with Crippen LogP contribution in [0.25, 0.3) is 0 Å². The van der Waals surface area contributed by atoms with Crippen molar-refractivity contribution < 1.29 is 8.42 Å². The summed E-state index contributed by atoms with van der Waals surface area (Å²) in [5.74, 6) is 0.150. The summed E-state index contributed by atoms with van der Waals surface area (Å²) in [6.07, 6.45) is 7.32. The second-order valence-electron chi connectivity index (χ2n) is 5.32. The predicted molar refractivity (Wildman–Crippen MR) is 74.6 cm³/mol. The summed E-state index contributed by atoms with van der Waals surface area (Å²) in [6.45, 7) is 0.940. The first-order valence-corrected chi connectivity index (χ1v) is 8.58. The topological polar surface area (TPSA) is 81.2 Å². The van der Waals surface area contributed by atoms with Crippen molar-refractivity contribution in [3.8, 4) is 0 Å². The summed E-state index contributed by atoms with van der Waals surface area (Å²) in [7, 11) is -1.04. The maximum atomic E-state index is 11.2. The molecule has 1 aliphatic rings. The van der Waals surface area contributed by atoms with E-state index in [1.807, 2.05) is 24.5 Å². The Morgan fingerprint density at radius 1 is 1.58 bits per heavy atom. The van der Waals surface area contributed by atoms with Crippen LogP contribution < -0.4 is 5.73 Å². The molecule has 6 nitrogen and oxygen atoms in total. The van der Waals surface area contributed by atoms with Gasteiger partial charge in [0.1, 0.15) is 9.84 Å². The quantitative estimate of drug-likeness (QED) is 0.774. The minimum atomic E-state index is -2.95. The van der Waals surface area contributed by atoms with Crippen molar-refractivity contribution in [3.05, 3.63) is 18.2 Å². The summed E-state index contributed by atoms with van der Waals surface area (Å²) >= 11 is 0. The van der Waals surface area contributed by atoms with Gasteiger partial charge in [0.25, 0.3) is 0 Å². The lowest BCUT2D eigenvalue weighted by Crippen LogP contribution is -2.35. The van der Waals surface area contributed by atoms with E-state index >= 15 is 0 Å². The van der Waals surface area contributed by atoms with Crippen molar-refractivity contribution in [2.45, 2.75) is 24.9 Å². The van der Waals surface area contributed by atoms with Crippen molar-refractivity contribution in [1.82, 2.24) is 14.5 Å². The molecule has 19 heavy (non-hydrogen) atoms. The molecular weight excluding hydrogens is 264 g/mol. The first kappa shape index (κ1) is 14.5. The molecule has 0 amide bonds. The molecule has 1 fully saturated rings. The number of imidazole rings is 1. The molecule has 0 spiro atoms. The third kappa shape index (κ3) is 3.77. The largest absolute Gasteiger partial charge is 0.330 e. The number of hydrogen-bond donors (Lipinski definition) is 1. The second-order valence-corrected chi connectivity index (χ2v) is 7.58. The fourth-order valence-electron chi connectivity index (χ4n) is 2.22. The minimum Gasteiger partial charge on any atom is -0.330 e. The van der Waals surface area contributed by atoms with Crippen molar-refractivity contribution in [1.29, 1.82) is 0 Å². The fourth-order valence-corrected chi connectivity index (χ4v) is 2.84. The second kappa shape index (κ2) is 5.60. The smallest absolute Gasteiger partial charge is 0.148 e. The lowest BCUT2D eigenvalue weighted by Gasteiger charge is -2.27. The van der Waals surface area contributed by atoms with Crippen LogP contribution in [0.3, 0.4) is 0 Å². The average Bonchev–Trinajstić information content (AvgIpc) is 3.07. The van der Waals surface area contributed by atoms with E-state index in [9.17, 15) is 8.42 Å². The van der Waals surface area contributed by atoms with Gasteiger partial charge in [0.05, 0.1) is 23.8 Å². The van der Waals surface area contributed by atoms with E-state index in [1.54, 1.807) is 0 Å². The van der Waals surface area contributed by atoms with Gasteiger partial charge in [0, 0.05) is 31.6 Å². The third-order valence-corrected chi connectivity index (χ3v) is 4.47. The fraction of sp³-hybridized carbons (Fsp3) is 0.750. The number of aromatic nitrogens is 2. The maximum absolute atomic E-state index is 11.2. The van der Waals surface area contributed by atoms with Gasteiger partial charge in [-0.2, -0.15) is 0 Å². The summed E-state index contributed by atoms with van der Waals surface area (Å²) in [5.41, 5.74) is 6.95. The zero-order valence-electron chi connectivity index (χ0n) is 11.5. The van der Waals surface area contributed by atoms with Gasteiger partial charge in [-0.25, -0.2) is 13.4 Å². The van der Waals surface area contributed by atoms with Crippen LogP contribution >= 0.6 is 0 Å². The number of hydrogen-bond acceptors (Lipinski definition) is 5. The SMILES string of the molecule is CN(CCS(C)(=O)=O)C(CN)c1cncn1C1CC1. The molecule has 0 bridgehead atoms. The molecule has 0 radical (unpaired) electrons. The van der Waals surface area contributed by atoms with Crippen LogP contribution in [0, 0.1) is 0 Å². The van der Waals surface area contributed by atoms with E-state index in [0.29, 0.717) is 19.1 Å². The van der Waals surface area contributed by atoms with Crippen molar-refractivity contribution in [2.24, 2.45) is 5.73 Å². The number of likely N-dealkylation sites (N-methyl/N-ethyl adjacent to an activating group) is 1. The van der Waals surface area contributed by atoms with E-state index < -0.39 is 9.84 Å². The Bertz CT molecular complexity index is 522. The molecule has 1 aromatic heterocycles. The number of sulfone groups is 1. The van der Waals surface area contributed by atoms with E-state index in [4.69, 9.17) is 5.73 Å². The number of nitrogens with two attached hydrogens (primary N) is 1. The molecule has 2 N–H and O–H groups in total. The van der Waals surface area contributed by atoms with Crippen molar-refractivity contribution in [2.75, 3.05) is 32.1 Å². The van der Waals surface area contributed by atoms with E-state index in [1.165, 1.54) is 19.1 Å². The van der Waals surface area contributed by atoms with Gasteiger partial charge in [-0.1, -0.05) is 0 Å². The standard InChI is InChI=1S/C12H22N4O2S/c1-15(5-6-19(2,17)18)11(7-13)12-8-14-9-16(12)10-3-4-10/h8-11H,3-7,13H2,1-2H3. The van der Waals surface area contributed by atoms with Gasteiger partial charge in [0.15, 0.2) is 0 Å². The van der Waals surface area contributed by atoms with Crippen molar-refractivity contribution >= 4 is 9.84 Å². The number of rotatable bonds is 7. The number of nitrogens with zero attached hydrogens (tertiary/aromatic N) is 3. The van der Waals surface area contributed by atoms with Gasteiger partial charge in [0.2, 0.25) is 0 Å². The van der Waals surface area contributed by atoms with Crippen LogP contribution in [0.2, 0.25) is 0 Å². The first-order valence-electron chi connectivity index (χ1n) is 6.52. The Kier molecular flexibility index (Phi) is 4.27. The lowest BCUT2D eigenvalue weighted by atomic mass is 10.2. The molecule has 108 valence electrons. The van der Waals surface area contributed by atoms with Gasteiger partial charge >= 0.3 is 0 Å². The van der Waals surface area contributed by atoms with Gasteiger partial charge < -0.3 is 10.3 Å². The van der Waals surface area contributed by atoms with E-state index in [2.05, 4.69) is 9.55 Å². The molecule has 0 saturated heterocycles. The van der Waals surface area contributed by atoms with Crippen LogP contribution in [-0.4, -0.2) is 55.0 Å². The van der Waals surface area contributed by atoms with Gasteiger partial charge in [-0.15, -0.1) is 0 Å². The minimum absolute atomic E-state index is 0.0184. The Balaban J connectivity index is 2.08. The average molecular weight is 286 g/mol. The van der Waals surface area contributed by atoms with Crippen LogP contribution in [0.5, 0.6) is 0 Å². The Morgan fingerprint density at radius 3 is 2.79 bits per heavy atom. The zero-order chi connectivity index (χ0) is 14.0. The van der Waals surface area contributed by atoms with Crippen LogP contribution in [0.15, 0.2) is 12.5 Å². The molecule has 1 saturated carbocycles. The van der Waals surface area contributed by atoms with Crippen molar-refractivity contribution in [3.63, 3.8) is 0 Å². The molecule has 2 rings (SSSR count). The monoisotopic (exact) mass is 286 g/mol. The molecule has 1 heterocycles. The summed E-state index contributed by atoms with van der Waals surface area (Å²) in [5, 5.41) is 0. The summed E-state index contributed by atoms with van der Waals surface area (Å²) in [6, 6.07) is 0.569. The highest BCUT2D eigenvalue weighted by atomic mass is 32.2. The van der Waals surface area contributed by atoms with Crippen LogP contribution in [0.4, 0.5) is 0 Å². The van der Waals surface area contributed by atoms with Crippen LogP contribution in [-0.2, 0) is 9.84 Å². The Labute approximate surface area is 114 Å². The zero-order valence-corrected chi connectivity index (χ0v) is 12.3. The lowest BCUT2D eigenvalue weighted by molar-refractivity contribution is 0.253. The molecule has 0 aliphatic heterocycles. The maximum Gasteiger partial charge on any atom is 0.148 e. The molecular formula is C12H22N4O2S. The highest BCUT2D eigenvalue weighted by Gasteiger charge is 2.29. The first-order chi connectivity index (χ1) is 8.92. The van der Waals surface area contributed by atoms with E-state index in [-0.39, 0.29) is 11.8 Å². The molecule has 1 unspecified atom stereocenters. The highest BCUT2D eigenvalue weighted by molar-refractivity contribution is 7.90. The Hall–Kier alpha value is -0.920. The third-order valence-electron chi connectivity index (χ3n) is 3.55. The van der Waals surface area contributed by atoms with Gasteiger partial charge in [-0.3, -0.25) is 4.90 Å². The molecule has 7 heteroatoms. The molecule has 1 aliphatic carbocycles.